The summed E-state index contributed by atoms with van der Waals surface area (Å²) in [5.74, 6) is -1.22. The molecule has 0 fully saturated rings. The average Bonchev–Trinajstić information content (AvgIpc) is 2.82. The first kappa shape index (κ1) is 16.2. The lowest BCUT2D eigenvalue weighted by Crippen LogP contribution is -2.03. The van der Waals surface area contributed by atoms with Gasteiger partial charge in [0.2, 0.25) is 0 Å². The molecule has 0 atom stereocenters. The van der Waals surface area contributed by atoms with Crippen molar-refractivity contribution in [2.24, 2.45) is 0 Å². The molecular formula is C19H18FNO3. The molecule has 4 nitrogen and oxygen atoms in total. The third kappa shape index (κ3) is 2.90. The van der Waals surface area contributed by atoms with E-state index in [0.29, 0.717) is 13.2 Å². The van der Waals surface area contributed by atoms with Crippen molar-refractivity contribution in [1.82, 2.24) is 4.57 Å². The van der Waals surface area contributed by atoms with Gasteiger partial charge in [0.25, 0.3) is 0 Å². The number of ether oxygens (including phenoxy) is 1. The number of nitrogens with zero attached hydrogens (tertiary/aromatic N) is 1. The van der Waals surface area contributed by atoms with E-state index in [1.807, 2.05) is 13.0 Å². The maximum Gasteiger partial charge on any atom is 0.335 e. The van der Waals surface area contributed by atoms with Gasteiger partial charge in [0.1, 0.15) is 5.82 Å². The van der Waals surface area contributed by atoms with Crippen LogP contribution < -0.4 is 0 Å². The minimum Gasteiger partial charge on any atom is -0.478 e. The lowest BCUT2D eigenvalue weighted by molar-refractivity contribution is 0.0697. The zero-order valence-corrected chi connectivity index (χ0v) is 13.5. The van der Waals surface area contributed by atoms with Crippen LogP contribution in [0.4, 0.5) is 4.39 Å². The molecule has 0 spiro atoms. The lowest BCUT2D eigenvalue weighted by atomic mass is 10.1. The number of hydrogen-bond acceptors (Lipinski definition) is 2. The fourth-order valence-electron chi connectivity index (χ4n) is 2.99. The molecule has 0 saturated heterocycles. The molecule has 24 heavy (non-hydrogen) atoms. The first-order valence-electron chi connectivity index (χ1n) is 7.59. The summed E-state index contributed by atoms with van der Waals surface area (Å²) in [6.45, 7) is 2.97. The average molecular weight is 327 g/mol. The second-order valence-electron chi connectivity index (χ2n) is 5.75. The zero-order valence-electron chi connectivity index (χ0n) is 13.5. The number of carboxylic acid groups (broad SMARTS) is 1. The largest absolute Gasteiger partial charge is 0.478 e. The van der Waals surface area contributed by atoms with Gasteiger partial charge in [-0.2, -0.15) is 0 Å². The van der Waals surface area contributed by atoms with Crippen LogP contribution in [0.1, 0.15) is 27.2 Å². The Labute approximate surface area is 139 Å². The highest BCUT2D eigenvalue weighted by Crippen LogP contribution is 2.28. The standard InChI is InChI=1S/C19H18FNO3/c1-12-17(11-24-2)16-9-14(19(22)23)5-8-18(16)21(12)10-13-3-6-15(20)7-4-13/h3-9H,10-11H2,1-2H3,(H,22,23). The molecule has 2 aromatic carbocycles. The van der Waals surface area contributed by atoms with Crippen LogP contribution in [0.5, 0.6) is 0 Å². The van der Waals surface area contributed by atoms with Crippen LogP contribution in [0.3, 0.4) is 0 Å². The van der Waals surface area contributed by atoms with Crippen molar-refractivity contribution < 1.29 is 19.0 Å². The minimum absolute atomic E-state index is 0.249. The highest BCUT2D eigenvalue weighted by atomic mass is 19.1. The van der Waals surface area contributed by atoms with E-state index in [-0.39, 0.29) is 11.4 Å². The van der Waals surface area contributed by atoms with Gasteiger partial charge < -0.3 is 14.4 Å². The molecule has 0 bridgehead atoms. The Morgan fingerprint density at radius 3 is 2.54 bits per heavy atom. The predicted octanol–water partition coefficient (Wildman–Crippen LogP) is 3.98. The first-order chi connectivity index (χ1) is 11.5. The molecule has 0 aliphatic heterocycles. The molecule has 124 valence electrons. The Bertz CT molecular complexity index is 897. The number of carboxylic acids is 1. The monoisotopic (exact) mass is 327 g/mol. The van der Waals surface area contributed by atoms with E-state index >= 15 is 0 Å². The highest BCUT2D eigenvalue weighted by Gasteiger charge is 2.16. The third-order valence-electron chi connectivity index (χ3n) is 4.24. The van der Waals surface area contributed by atoms with Gasteiger partial charge in [0.05, 0.1) is 12.2 Å². The second kappa shape index (κ2) is 6.45. The lowest BCUT2D eigenvalue weighted by Gasteiger charge is -2.09. The Morgan fingerprint density at radius 2 is 1.92 bits per heavy atom. The van der Waals surface area contributed by atoms with Gasteiger partial charge in [-0.25, -0.2) is 9.18 Å². The molecule has 1 N–H and O–H groups in total. The summed E-state index contributed by atoms with van der Waals surface area (Å²) in [5.41, 5.74) is 4.15. The second-order valence-corrected chi connectivity index (χ2v) is 5.75. The molecule has 3 rings (SSSR count). The van der Waals surface area contributed by atoms with Gasteiger partial charge in [-0.15, -0.1) is 0 Å². The molecular weight excluding hydrogens is 309 g/mol. The van der Waals surface area contributed by atoms with Crippen LogP contribution >= 0.6 is 0 Å². The fraction of sp³-hybridized carbons (Fsp3) is 0.211. The third-order valence-corrected chi connectivity index (χ3v) is 4.24. The van der Waals surface area contributed by atoms with Crippen LogP contribution in [0.25, 0.3) is 10.9 Å². The molecule has 5 heteroatoms. The maximum absolute atomic E-state index is 13.1. The van der Waals surface area contributed by atoms with Crippen LogP contribution in [0.15, 0.2) is 42.5 Å². The van der Waals surface area contributed by atoms with Gasteiger partial charge >= 0.3 is 5.97 Å². The van der Waals surface area contributed by atoms with Gasteiger partial charge in [-0.3, -0.25) is 0 Å². The SMILES string of the molecule is COCc1c(C)n(Cc2ccc(F)cc2)c2ccc(C(=O)O)cc12. The normalized spacial score (nSPS) is 11.1. The number of halogens is 1. The first-order valence-corrected chi connectivity index (χ1v) is 7.59. The molecule has 1 heterocycles. The van der Waals surface area contributed by atoms with E-state index in [0.717, 1.165) is 27.7 Å². The maximum atomic E-state index is 13.1. The number of carbonyl (C=O) groups is 1. The molecule has 0 unspecified atom stereocenters. The number of methoxy groups -OCH3 is 1. The van der Waals surface area contributed by atoms with E-state index in [1.165, 1.54) is 12.1 Å². The zero-order chi connectivity index (χ0) is 17.3. The summed E-state index contributed by atoms with van der Waals surface area (Å²) < 4.78 is 20.5. The Kier molecular flexibility index (Phi) is 4.36. The molecule has 1 aromatic heterocycles. The molecule has 0 aliphatic rings. The van der Waals surface area contributed by atoms with E-state index in [9.17, 15) is 14.3 Å². The minimum atomic E-state index is -0.954. The van der Waals surface area contributed by atoms with Crippen LogP contribution in [0, 0.1) is 12.7 Å². The Balaban J connectivity index is 2.14. The summed E-state index contributed by atoms with van der Waals surface area (Å²) in [6, 6.07) is 11.5. The number of aromatic carboxylic acids is 1. The van der Waals surface area contributed by atoms with Crippen molar-refractivity contribution >= 4 is 16.9 Å². The summed E-state index contributed by atoms with van der Waals surface area (Å²) in [4.78, 5) is 11.3. The van der Waals surface area contributed by atoms with Crippen molar-refractivity contribution in [3.05, 3.63) is 70.7 Å². The van der Waals surface area contributed by atoms with Crippen molar-refractivity contribution in [3.8, 4) is 0 Å². The Hall–Kier alpha value is -2.66. The van der Waals surface area contributed by atoms with Gasteiger partial charge in [0, 0.05) is 35.8 Å². The number of fused-ring (bicyclic) bond motifs is 1. The van der Waals surface area contributed by atoms with E-state index in [4.69, 9.17) is 4.74 Å². The molecule has 0 amide bonds. The number of benzene rings is 2. The van der Waals surface area contributed by atoms with Gasteiger partial charge in [-0.05, 0) is 42.8 Å². The number of hydrogen-bond donors (Lipinski definition) is 1. The highest BCUT2D eigenvalue weighted by molar-refractivity contribution is 5.95. The van der Waals surface area contributed by atoms with Crippen LogP contribution in [0.2, 0.25) is 0 Å². The molecule has 3 aromatic rings. The van der Waals surface area contributed by atoms with Gasteiger partial charge in [0.15, 0.2) is 0 Å². The Morgan fingerprint density at radius 1 is 1.21 bits per heavy atom. The van der Waals surface area contributed by atoms with E-state index in [1.54, 1.807) is 31.4 Å². The van der Waals surface area contributed by atoms with E-state index < -0.39 is 5.97 Å². The topological polar surface area (TPSA) is 51.5 Å². The van der Waals surface area contributed by atoms with Crippen LogP contribution in [-0.4, -0.2) is 22.8 Å². The van der Waals surface area contributed by atoms with Crippen LogP contribution in [-0.2, 0) is 17.9 Å². The number of rotatable bonds is 5. The van der Waals surface area contributed by atoms with Crippen molar-refractivity contribution in [2.75, 3.05) is 7.11 Å². The smallest absolute Gasteiger partial charge is 0.335 e. The van der Waals surface area contributed by atoms with Crippen molar-refractivity contribution in [2.45, 2.75) is 20.1 Å². The van der Waals surface area contributed by atoms with Crippen molar-refractivity contribution in [3.63, 3.8) is 0 Å². The summed E-state index contributed by atoms with van der Waals surface area (Å²) in [6.07, 6.45) is 0. The summed E-state index contributed by atoms with van der Waals surface area (Å²) in [7, 11) is 1.61. The van der Waals surface area contributed by atoms with E-state index in [2.05, 4.69) is 4.57 Å². The summed E-state index contributed by atoms with van der Waals surface area (Å²) >= 11 is 0. The summed E-state index contributed by atoms with van der Waals surface area (Å²) in [5, 5.41) is 10.1. The molecule has 0 saturated carbocycles. The predicted molar refractivity (Wildman–Crippen MR) is 89.8 cm³/mol. The molecule has 0 radical (unpaired) electrons. The quantitative estimate of drug-likeness (QED) is 0.771. The molecule has 0 aliphatic carbocycles. The number of aromatic nitrogens is 1. The van der Waals surface area contributed by atoms with Gasteiger partial charge in [-0.1, -0.05) is 12.1 Å². The van der Waals surface area contributed by atoms with Crippen molar-refractivity contribution in [1.29, 1.82) is 0 Å². The fourth-order valence-corrected chi connectivity index (χ4v) is 2.99.